The van der Waals surface area contributed by atoms with Crippen LogP contribution in [0, 0.1) is 19.3 Å². The third kappa shape index (κ3) is 3.58. The molecule has 0 aliphatic carbocycles. The number of aryl methyl sites for hydroxylation is 1. The van der Waals surface area contributed by atoms with E-state index in [1.807, 2.05) is 0 Å². The minimum absolute atomic E-state index is 0.0963. The molecule has 0 saturated carbocycles. The van der Waals surface area contributed by atoms with Crippen molar-refractivity contribution >= 4 is 15.9 Å². The van der Waals surface area contributed by atoms with Crippen molar-refractivity contribution < 1.29 is 13.2 Å². The largest absolute Gasteiger partial charge is 0.339 e. The number of nitrogens with two attached hydrogens (primary N) is 1. The van der Waals surface area contributed by atoms with Gasteiger partial charge in [-0.3, -0.25) is 4.79 Å². The van der Waals surface area contributed by atoms with Crippen LogP contribution in [0.3, 0.4) is 0 Å². The van der Waals surface area contributed by atoms with Crippen molar-refractivity contribution in [1.29, 1.82) is 0 Å². The minimum atomic E-state index is -3.84. The Kier molecular flexibility index (Phi) is 4.11. The van der Waals surface area contributed by atoms with Crippen LogP contribution < -0.4 is 10.5 Å². The highest BCUT2D eigenvalue weighted by Crippen LogP contribution is 2.13. The van der Waals surface area contributed by atoms with E-state index in [1.165, 1.54) is 12.1 Å². The van der Waals surface area contributed by atoms with E-state index in [1.54, 1.807) is 19.9 Å². The van der Waals surface area contributed by atoms with E-state index in [9.17, 15) is 13.2 Å². The first kappa shape index (κ1) is 14.2. The molecule has 0 fully saturated rings. The highest BCUT2D eigenvalue weighted by Gasteiger charge is 2.14. The standard InChI is InChI=1S/C12H14N2O3S/c1-4-9(3)14-12(15)10-5-8(2)6-11(7-10)18(13,16)17/h1,5-7,9H,2-3H3,(H,14,15)(H2,13,16,17). The molecule has 1 unspecified atom stereocenters. The van der Waals surface area contributed by atoms with E-state index in [-0.39, 0.29) is 10.5 Å². The van der Waals surface area contributed by atoms with Crippen LogP contribution in [0.1, 0.15) is 22.8 Å². The molecule has 1 rings (SSSR count). The smallest absolute Gasteiger partial charge is 0.252 e. The Balaban J connectivity index is 3.16. The first-order valence-electron chi connectivity index (χ1n) is 5.15. The van der Waals surface area contributed by atoms with E-state index in [4.69, 9.17) is 11.6 Å². The van der Waals surface area contributed by atoms with Gasteiger partial charge in [-0.15, -0.1) is 6.42 Å². The van der Waals surface area contributed by atoms with Crippen molar-refractivity contribution in [3.05, 3.63) is 29.3 Å². The number of terminal acetylenes is 1. The van der Waals surface area contributed by atoms with Crippen LogP contribution in [0.4, 0.5) is 0 Å². The maximum atomic E-state index is 11.8. The van der Waals surface area contributed by atoms with Gasteiger partial charge in [-0.2, -0.15) is 0 Å². The molecule has 5 nitrogen and oxygen atoms in total. The van der Waals surface area contributed by atoms with Gasteiger partial charge in [-0.1, -0.05) is 5.92 Å². The lowest BCUT2D eigenvalue weighted by molar-refractivity contribution is 0.0948. The molecule has 0 saturated heterocycles. The van der Waals surface area contributed by atoms with E-state index in [0.29, 0.717) is 5.56 Å². The van der Waals surface area contributed by atoms with Gasteiger partial charge in [0.1, 0.15) is 0 Å². The highest BCUT2D eigenvalue weighted by molar-refractivity contribution is 7.89. The number of nitrogens with one attached hydrogen (secondary N) is 1. The molecule has 18 heavy (non-hydrogen) atoms. The zero-order valence-corrected chi connectivity index (χ0v) is 10.9. The van der Waals surface area contributed by atoms with Gasteiger partial charge >= 0.3 is 0 Å². The summed E-state index contributed by atoms with van der Waals surface area (Å²) >= 11 is 0. The van der Waals surface area contributed by atoms with Gasteiger partial charge < -0.3 is 5.32 Å². The number of carbonyl (C=O) groups is 1. The van der Waals surface area contributed by atoms with Gasteiger partial charge in [0.05, 0.1) is 10.9 Å². The fourth-order valence-electron chi connectivity index (χ4n) is 1.36. The van der Waals surface area contributed by atoms with Crippen LogP contribution in [0.15, 0.2) is 23.1 Å². The van der Waals surface area contributed by atoms with Crippen molar-refractivity contribution in [2.45, 2.75) is 24.8 Å². The first-order chi connectivity index (χ1) is 8.24. The lowest BCUT2D eigenvalue weighted by Crippen LogP contribution is -2.31. The van der Waals surface area contributed by atoms with Crippen molar-refractivity contribution in [2.75, 3.05) is 0 Å². The Hall–Kier alpha value is -1.84. The second-order valence-corrected chi connectivity index (χ2v) is 5.50. The van der Waals surface area contributed by atoms with Crippen molar-refractivity contribution in [3.63, 3.8) is 0 Å². The Labute approximate surface area is 106 Å². The fourth-order valence-corrected chi connectivity index (χ4v) is 2.01. The molecule has 1 aromatic carbocycles. The Morgan fingerprint density at radius 1 is 1.44 bits per heavy atom. The van der Waals surface area contributed by atoms with Gasteiger partial charge in [0.25, 0.3) is 5.91 Å². The SMILES string of the molecule is C#CC(C)NC(=O)c1cc(C)cc(S(N)(=O)=O)c1. The summed E-state index contributed by atoms with van der Waals surface area (Å²) < 4.78 is 22.5. The number of hydrogen-bond acceptors (Lipinski definition) is 3. The molecule has 0 heterocycles. The summed E-state index contributed by atoms with van der Waals surface area (Å²) in [5, 5.41) is 7.57. The van der Waals surface area contributed by atoms with Crippen LogP contribution in [0.5, 0.6) is 0 Å². The van der Waals surface area contributed by atoms with Crippen LogP contribution in [-0.4, -0.2) is 20.4 Å². The number of rotatable bonds is 3. The molecule has 0 aliphatic rings. The molecule has 0 radical (unpaired) electrons. The Bertz CT molecular complexity index is 615. The molecular weight excluding hydrogens is 252 g/mol. The number of hydrogen-bond donors (Lipinski definition) is 2. The molecule has 0 spiro atoms. The van der Waals surface area contributed by atoms with Gasteiger partial charge in [0.15, 0.2) is 0 Å². The van der Waals surface area contributed by atoms with Gasteiger partial charge in [0, 0.05) is 5.56 Å². The van der Waals surface area contributed by atoms with Crippen LogP contribution in [0.2, 0.25) is 0 Å². The third-order valence-electron chi connectivity index (χ3n) is 2.24. The predicted octanol–water partition coefficient (Wildman–Crippen LogP) is 0.394. The molecule has 1 amide bonds. The highest BCUT2D eigenvalue weighted by atomic mass is 32.2. The van der Waals surface area contributed by atoms with Gasteiger partial charge in [-0.05, 0) is 37.6 Å². The second-order valence-electron chi connectivity index (χ2n) is 3.94. The monoisotopic (exact) mass is 266 g/mol. The molecule has 6 heteroatoms. The summed E-state index contributed by atoms with van der Waals surface area (Å²) in [7, 11) is -3.84. The number of carbonyl (C=O) groups excluding carboxylic acids is 1. The third-order valence-corrected chi connectivity index (χ3v) is 3.13. The van der Waals surface area contributed by atoms with E-state index in [2.05, 4.69) is 11.2 Å². The Morgan fingerprint density at radius 2 is 2.06 bits per heavy atom. The maximum absolute atomic E-state index is 11.8. The summed E-state index contributed by atoms with van der Waals surface area (Å²) in [4.78, 5) is 11.7. The zero-order chi connectivity index (χ0) is 13.9. The van der Waals surface area contributed by atoms with Crippen LogP contribution in [0.25, 0.3) is 0 Å². The minimum Gasteiger partial charge on any atom is -0.339 e. The number of primary sulfonamides is 1. The average Bonchev–Trinajstić information content (AvgIpc) is 2.26. The Morgan fingerprint density at radius 3 is 2.56 bits per heavy atom. The van der Waals surface area contributed by atoms with Crippen LogP contribution in [-0.2, 0) is 10.0 Å². The van der Waals surface area contributed by atoms with Crippen molar-refractivity contribution in [1.82, 2.24) is 5.32 Å². The van der Waals surface area contributed by atoms with E-state index < -0.39 is 22.0 Å². The zero-order valence-electron chi connectivity index (χ0n) is 10.1. The molecule has 96 valence electrons. The molecular formula is C12H14N2O3S. The predicted molar refractivity (Wildman–Crippen MR) is 68.3 cm³/mol. The first-order valence-corrected chi connectivity index (χ1v) is 6.70. The molecule has 1 aromatic rings. The number of benzene rings is 1. The topological polar surface area (TPSA) is 89.3 Å². The van der Waals surface area contributed by atoms with E-state index >= 15 is 0 Å². The van der Waals surface area contributed by atoms with Crippen molar-refractivity contribution in [2.24, 2.45) is 5.14 Å². The molecule has 0 aliphatic heterocycles. The summed E-state index contributed by atoms with van der Waals surface area (Å²) in [6.45, 7) is 3.32. The van der Waals surface area contributed by atoms with Gasteiger partial charge in [0.2, 0.25) is 10.0 Å². The fraction of sp³-hybridized carbons (Fsp3) is 0.250. The summed E-state index contributed by atoms with van der Waals surface area (Å²) in [5.41, 5.74) is 0.834. The normalized spacial score (nSPS) is 12.6. The van der Waals surface area contributed by atoms with Crippen molar-refractivity contribution in [3.8, 4) is 12.3 Å². The summed E-state index contributed by atoms with van der Waals surface area (Å²) in [5.74, 6) is 1.91. The number of sulfonamides is 1. The summed E-state index contributed by atoms with van der Waals surface area (Å²) in [6, 6.07) is 3.75. The van der Waals surface area contributed by atoms with Gasteiger partial charge in [-0.25, -0.2) is 13.6 Å². The average molecular weight is 266 g/mol. The molecule has 1 atom stereocenters. The second kappa shape index (κ2) is 5.21. The number of amides is 1. The lowest BCUT2D eigenvalue weighted by Gasteiger charge is -2.09. The maximum Gasteiger partial charge on any atom is 0.252 e. The molecule has 3 N–H and O–H groups in total. The quantitative estimate of drug-likeness (QED) is 0.776. The van der Waals surface area contributed by atoms with E-state index in [0.717, 1.165) is 0 Å². The molecule has 0 aromatic heterocycles. The van der Waals surface area contributed by atoms with Crippen LogP contribution >= 0.6 is 0 Å². The lowest BCUT2D eigenvalue weighted by atomic mass is 10.1. The molecule has 0 bridgehead atoms. The summed E-state index contributed by atoms with van der Waals surface area (Å²) in [6.07, 6.45) is 5.15.